The van der Waals surface area contributed by atoms with Crippen LogP contribution >= 0.6 is 7.60 Å². The van der Waals surface area contributed by atoms with Gasteiger partial charge in [0.15, 0.2) is 0 Å². The minimum absolute atomic E-state index is 0.238. The molecule has 0 radical (unpaired) electrons. The first-order valence-corrected chi connectivity index (χ1v) is 6.43. The van der Waals surface area contributed by atoms with Crippen LogP contribution in [0.15, 0.2) is 30.3 Å². The van der Waals surface area contributed by atoms with Gasteiger partial charge in [0.1, 0.15) is 11.4 Å². The van der Waals surface area contributed by atoms with E-state index in [4.69, 9.17) is 9.05 Å². The Labute approximate surface area is 95.1 Å². The zero-order chi connectivity index (χ0) is 12.2. The molecule has 4 nitrogen and oxygen atoms in total. The lowest BCUT2D eigenvalue weighted by molar-refractivity contribution is -0.117. The third kappa shape index (κ3) is 2.59. The molecule has 5 heteroatoms. The fraction of sp³-hybridized carbons (Fsp3) is 0.364. The number of hydrogen-bond donors (Lipinski definition) is 0. The second-order valence-electron chi connectivity index (χ2n) is 3.33. The molecule has 1 aromatic carbocycles. The van der Waals surface area contributed by atoms with Crippen LogP contribution in [-0.2, 0) is 18.4 Å². The molecule has 0 spiro atoms. The lowest BCUT2D eigenvalue weighted by Crippen LogP contribution is -2.11. The molecule has 16 heavy (non-hydrogen) atoms. The van der Waals surface area contributed by atoms with Crippen LogP contribution in [0.2, 0.25) is 0 Å². The average molecular weight is 242 g/mol. The number of hydrogen-bond acceptors (Lipinski definition) is 4. The van der Waals surface area contributed by atoms with E-state index in [1.165, 1.54) is 21.1 Å². The molecule has 0 aromatic heterocycles. The molecule has 1 aromatic rings. The molecule has 0 aliphatic carbocycles. The quantitative estimate of drug-likeness (QED) is 0.745. The first-order valence-electron chi connectivity index (χ1n) is 4.81. The second-order valence-corrected chi connectivity index (χ2v) is 5.66. The molecule has 88 valence electrons. The van der Waals surface area contributed by atoms with Gasteiger partial charge in [-0.3, -0.25) is 9.36 Å². The fourth-order valence-electron chi connectivity index (χ4n) is 1.56. The van der Waals surface area contributed by atoms with Crippen molar-refractivity contribution in [3.05, 3.63) is 35.9 Å². The van der Waals surface area contributed by atoms with Gasteiger partial charge >= 0.3 is 7.60 Å². The van der Waals surface area contributed by atoms with E-state index in [1.807, 2.05) is 6.07 Å². The van der Waals surface area contributed by atoms with Crippen LogP contribution in [-0.4, -0.2) is 20.0 Å². The lowest BCUT2D eigenvalue weighted by atomic mass is 10.1. The summed E-state index contributed by atoms with van der Waals surface area (Å²) in [5.74, 6) is -0.238. The largest absolute Gasteiger partial charge is 0.344 e. The molecule has 0 saturated heterocycles. The molecule has 1 rings (SSSR count). The van der Waals surface area contributed by atoms with E-state index < -0.39 is 13.3 Å². The van der Waals surface area contributed by atoms with E-state index in [1.54, 1.807) is 24.3 Å². The van der Waals surface area contributed by atoms with E-state index in [0.29, 0.717) is 5.56 Å². The summed E-state index contributed by atoms with van der Waals surface area (Å²) >= 11 is 0. The summed E-state index contributed by atoms with van der Waals surface area (Å²) in [5.41, 5.74) is -0.217. The van der Waals surface area contributed by atoms with Gasteiger partial charge < -0.3 is 9.05 Å². The van der Waals surface area contributed by atoms with Crippen molar-refractivity contribution < 1.29 is 18.4 Å². The maximum Gasteiger partial charge on any atom is 0.344 e. The van der Waals surface area contributed by atoms with Crippen LogP contribution in [0.1, 0.15) is 18.1 Å². The van der Waals surface area contributed by atoms with E-state index >= 15 is 0 Å². The number of ketones is 1. The van der Waals surface area contributed by atoms with Crippen LogP contribution in [0, 0.1) is 0 Å². The minimum atomic E-state index is -3.42. The summed E-state index contributed by atoms with van der Waals surface area (Å²) in [6.45, 7) is 1.38. The van der Waals surface area contributed by atoms with E-state index in [-0.39, 0.29) is 5.78 Å². The maximum absolute atomic E-state index is 12.2. The SMILES string of the molecule is COP(=O)(OC)[C@H](C(C)=O)c1ccccc1. The van der Waals surface area contributed by atoms with Crippen molar-refractivity contribution >= 4 is 13.4 Å². The second kappa shape index (κ2) is 5.39. The summed E-state index contributed by atoms with van der Waals surface area (Å²) in [4.78, 5) is 11.6. The van der Waals surface area contributed by atoms with Gasteiger partial charge in [0.05, 0.1) is 0 Å². The van der Waals surface area contributed by atoms with E-state index in [0.717, 1.165) is 0 Å². The van der Waals surface area contributed by atoms with Crippen molar-refractivity contribution in [3.63, 3.8) is 0 Å². The predicted molar refractivity (Wildman–Crippen MR) is 61.5 cm³/mol. The van der Waals surface area contributed by atoms with Gasteiger partial charge in [-0.25, -0.2) is 0 Å². The van der Waals surface area contributed by atoms with Gasteiger partial charge in [-0.05, 0) is 12.5 Å². The Balaban J connectivity index is 3.20. The van der Waals surface area contributed by atoms with Crippen LogP contribution in [0.4, 0.5) is 0 Å². The minimum Gasteiger partial charge on any atom is -0.311 e. The molecule has 0 heterocycles. The average Bonchev–Trinajstić information content (AvgIpc) is 2.30. The van der Waals surface area contributed by atoms with Crippen LogP contribution < -0.4 is 0 Å². The van der Waals surface area contributed by atoms with Gasteiger partial charge in [-0.15, -0.1) is 0 Å². The van der Waals surface area contributed by atoms with Crippen molar-refractivity contribution in [2.75, 3.05) is 14.2 Å². The molecule has 0 fully saturated rings. The Hall–Kier alpha value is -0.960. The maximum atomic E-state index is 12.2. The monoisotopic (exact) mass is 242 g/mol. The topological polar surface area (TPSA) is 52.6 Å². The number of Topliss-reactive ketones (excluding diaryl/α,β-unsaturated/α-hetero) is 1. The molecule has 0 saturated carbocycles. The van der Waals surface area contributed by atoms with Crippen molar-refractivity contribution in [3.8, 4) is 0 Å². The predicted octanol–water partition coefficient (Wildman–Crippen LogP) is 2.80. The standard InChI is InChI=1S/C11H15O4P/c1-9(12)11(16(13,14-2)15-3)10-7-5-4-6-8-10/h4-8,11H,1-3H3/t11-/m1/s1. The molecule has 0 bridgehead atoms. The summed E-state index contributed by atoms with van der Waals surface area (Å²) in [7, 11) is -0.857. The zero-order valence-corrected chi connectivity index (χ0v) is 10.4. The zero-order valence-electron chi connectivity index (χ0n) is 9.54. The Morgan fingerprint density at radius 3 is 2.06 bits per heavy atom. The smallest absolute Gasteiger partial charge is 0.311 e. The molecular weight excluding hydrogens is 227 g/mol. The molecule has 0 N–H and O–H groups in total. The highest BCUT2D eigenvalue weighted by atomic mass is 31.2. The van der Waals surface area contributed by atoms with Gasteiger partial charge in [0, 0.05) is 14.2 Å². The summed E-state index contributed by atoms with van der Waals surface area (Å²) in [6, 6.07) is 8.85. The van der Waals surface area contributed by atoms with Gasteiger partial charge in [0.25, 0.3) is 0 Å². The Bertz CT molecular complexity index is 394. The van der Waals surface area contributed by atoms with Crippen molar-refractivity contribution in [1.82, 2.24) is 0 Å². The number of carbonyl (C=O) groups excluding carboxylic acids is 1. The third-order valence-electron chi connectivity index (χ3n) is 2.33. The van der Waals surface area contributed by atoms with Crippen LogP contribution in [0.25, 0.3) is 0 Å². The highest BCUT2D eigenvalue weighted by Gasteiger charge is 2.38. The first kappa shape index (κ1) is 13.1. The number of benzene rings is 1. The molecule has 0 amide bonds. The van der Waals surface area contributed by atoms with Crippen molar-refractivity contribution in [2.24, 2.45) is 0 Å². The normalized spacial score (nSPS) is 13.4. The summed E-state index contributed by atoms with van der Waals surface area (Å²) in [6.07, 6.45) is 0. The van der Waals surface area contributed by atoms with Gasteiger partial charge in [-0.2, -0.15) is 0 Å². The van der Waals surface area contributed by atoms with Crippen LogP contribution in [0.5, 0.6) is 0 Å². The molecule has 1 atom stereocenters. The molecule has 0 aliphatic rings. The van der Waals surface area contributed by atoms with Crippen molar-refractivity contribution in [2.45, 2.75) is 12.6 Å². The number of rotatable bonds is 5. The van der Waals surface area contributed by atoms with Crippen LogP contribution in [0.3, 0.4) is 0 Å². The highest BCUT2D eigenvalue weighted by Crippen LogP contribution is 2.60. The molecule has 0 unspecified atom stereocenters. The summed E-state index contributed by atoms with van der Waals surface area (Å²) < 4.78 is 22.0. The van der Waals surface area contributed by atoms with E-state index in [9.17, 15) is 9.36 Å². The van der Waals surface area contributed by atoms with E-state index in [2.05, 4.69) is 0 Å². The number of carbonyl (C=O) groups is 1. The highest BCUT2D eigenvalue weighted by molar-refractivity contribution is 7.55. The van der Waals surface area contributed by atoms with Gasteiger partial charge in [-0.1, -0.05) is 30.3 Å². The first-order chi connectivity index (χ1) is 7.55. The fourth-order valence-corrected chi connectivity index (χ4v) is 3.11. The summed E-state index contributed by atoms with van der Waals surface area (Å²) in [5, 5.41) is 0. The Morgan fingerprint density at radius 2 is 1.69 bits per heavy atom. The Morgan fingerprint density at radius 1 is 1.19 bits per heavy atom. The lowest BCUT2D eigenvalue weighted by Gasteiger charge is -2.22. The Kier molecular flexibility index (Phi) is 4.42. The third-order valence-corrected chi connectivity index (χ3v) is 4.64. The van der Waals surface area contributed by atoms with Gasteiger partial charge in [0.2, 0.25) is 0 Å². The molecular formula is C11H15O4P. The molecule has 0 aliphatic heterocycles. The van der Waals surface area contributed by atoms with Crippen molar-refractivity contribution in [1.29, 1.82) is 0 Å².